The number of H-pyrrole nitrogens is 1. The van der Waals surface area contributed by atoms with Gasteiger partial charge in [-0.1, -0.05) is 30.0 Å². The van der Waals surface area contributed by atoms with E-state index in [1.807, 2.05) is 37.3 Å². The Balaban J connectivity index is 2.15. The molecule has 0 bridgehead atoms. The SMILES string of the molecule is CCN(C(=O)[C@@H](C)Sc1nc(CC(=O)OC)cc(=O)[nH]1)c1ccccc1. The molecule has 1 atom stereocenters. The highest BCUT2D eigenvalue weighted by molar-refractivity contribution is 8.00. The first-order valence-electron chi connectivity index (χ1n) is 8.14. The number of aromatic nitrogens is 2. The third-order valence-electron chi connectivity index (χ3n) is 3.61. The summed E-state index contributed by atoms with van der Waals surface area (Å²) in [5.41, 5.74) is 0.739. The fraction of sp³-hybridized carbons (Fsp3) is 0.333. The van der Waals surface area contributed by atoms with E-state index in [2.05, 4.69) is 14.7 Å². The second-order valence-electron chi connectivity index (χ2n) is 5.47. The molecule has 0 aliphatic heterocycles. The summed E-state index contributed by atoms with van der Waals surface area (Å²) in [5, 5.41) is -0.173. The van der Waals surface area contributed by atoms with Crippen LogP contribution in [0.4, 0.5) is 5.69 Å². The molecule has 8 heteroatoms. The van der Waals surface area contributed by atoms with Crippen molar-refractivity contribution in [2.24, 2.45) is 0 Å². The Kier molecular flexibility index (Phi) is 6.97. The van der Waals surface area contributed by atoms with Crippen LogP contribution in [0.5, 0.6) is 0 Å². The van der Waals surface area contributed by atoms with Crippen molar-refractivity contribution >= 4 is 29.3 Å². The third kappa shape index (κ3) is 5.19. The zero-order valence-corrected chi connectivity index (χ0v) is 15.7. The zero-order valence-electron chi connectivity index (χ0n) is 14.9. The summed E-state index contributed by atoms with van der Waals surface area (Å²) in [6.45, 7) is 4.19. The van der Waals surface area contributed by atoms with Gasteiger partial charge in [0.15, 0.2) is 5.16 Å². The summed E-state index contributed by atoms with van der Waals surface area (Å²) >= 11 is 1.14. The Bertz CT molecular complexity index is 823. The number of ether oxygens (including phenoxy) is 1. The number of thioether (sulfide) groups is 1. The largest absolute Gasteiger partial charge is 0.469 e. The summed E-state index contributed by atoms with van der Waals surface area (Å²) in [7, 11) is 1.27. The molecule has 0 radical (unpaired) electrons. The maximum atomic E-state index is 12.8. The Labute approximate surface area is 155 Å². The molecule has 0 spiro atoms. The lowest BCUT2D eigenvalue weighted by Gasteiger charge is -2.24. The van der Waals surface area contributed by atoms with Gasteiger partial charge in [0.25, 0.3) is 5.56 Å². The van der Waals surface area contributed by atoms with Crippen LogP contribution < -0.4 is 10.5 Å². The fourth-order valence-corrected chi connectivity index (χ4v) is 3.25. The maximum absolute atomic E-state index is 12.8. The molecule has 1 aromatic carbocycles. The van der Waals surface area contributed by atoms with Gasteiger partial charge in [-0.15, -0.1) is 0 Å². The van der Waals surface area contributed by atoms with Crippen molar-refractivity contribution in [2.75, 3.05) is 18.6 Å². The van der Waals surface area contributed by atoms with Crippen LogP contribution in [0, 0.1) is 0 Å². The van der Waals surface area contributed by atoms with E-state index in [0.717, 1.165) is 17.4 Å². The predicted octanol–water partition coefficient (Wildman–Crippen LogP) is 2.02. The minimum absolute atomic E-state index is 0.0929. The fourth-order valence-electron chi connectivity index (χ4n) is 2.36. The lowest BCUT2D eigenvalue weighted by Crippen LogP contribution is -2.36. The van der Waals surface area contributed by atoms with Crippen molar-refractivity contribution in [2.45, 2.75) is 30.7 Å². The monoisotopic (exact) mass is 375 g/mol. The van der Waals surface area contributed by atoms with Gasteiger partial charge in [-0.3, -0.25) is 14.4 Å². The molecule has 0 fully saturated rings. The Morgan fingerprint density at radius 1 is 1.31 bits per heavy atom. The summed E-state index contributed by atoms with van der Waals surface area (Å²) < 4.78 is 4.59. The number of esters is 1. The molecule has 0 unspecified atom stereocenters. The van der Waals surface area contributed by atoms with Crippen molar-refractivity contribution in [1.29, 1.82) is 0 Å². The molecule has 138 valence electrons. The summed E-state index contributed by atoms with van der Waals surface area (Å²) in [6.07, 6.45) is -0.0958. The number of aromatic amines is 1. The van der Waals surface area contributed by atoms with Crippen LogP contribution in [0.1, 0.15) is 19.5 Å². The number of rotatable bonds is 7. The lowest BCUT2D eigenvalue weighted by molar-refractivity contribution is -0.139. The highest BCUT2D eigenvalue weighted by Gasteiger charge is 2.22. The lowest BCUT2D eigenvalue weighted by atomic mass is 10.2. The van der Waals surface area contributed by atoms with Gasteiger partial charge in [-0.25, -0.2) is 4.98 Å². The molecule has 0 aliphatic rings. The Hall–Kier alpha value is -2.61. The molecule has 0 aliphatic carbocycles. The minimum atomic E-state index is -0.482. The van der Waals surface area contributed by atoms with E-state index in [1.54, 1.807) is 11.8 Å². The van der Waals surface area contributed by atoms with Gasteiger partial charge < -0.3 is 14.6 Å². The van der Waals surface area contributed by atoms with Crippen LogP contribution in [-0.4, -0.2) is 40.7 Å². The van der Waals surface area contributed by atoms with Crippen molar-refractivity contribution in [3.05, 3.63) is 52.4 Å². The van der Waals surface area contributed by atoms with Gasteiger partial charge in [-0.05, 0) is 26.0 Å². The van der Waals surface area contributed by atoms with E-state index < -0.39 is 11.2 Å². The van der Waals surface area contributed by atoms with Crippen LogP contribution in [0.25, 0.3) is 0 Å². The molecule has 1 heterocycles. The number of anilines is 1. The second-order valence-corrected chi connectivity index (χ2v) is 6.80. The number of carbonyl (C=O) groups excluding carboxylic acids is 2. The van der Waals surface area contributed by atoms with Crippen LogP contribution in [0.2, 0.25) is 0 Å². The number of benzene rings is 1. The highest BCUT2D eigenvalue weighted by Crippen LogP contribution is 2.23. The first kappa shape index (κ1) is 19.7. The number of carbonyl (C=O) groups is 2. The number of nitrogens with one attached hydrogen (secondary N) is 1. The first-order chi connectivity index (χ1) is 12.4. The van der Waals surface area contributed by atoms with Crippen molar-refractivity contribution in [3.63, 3.8) is 0 Å². The van der Waals surface area contributed by atoms with Gasteiger partial charge in [0.1, 0.15) is 0 Å². The van der Waals surface area contributed by atoms with E-state index >= 15 is 0 Å². The molecule has 1 N–H and O–H groups in total. The average molecular weight is 375 g/mol. The van der Waals surface area contributed by atoms with Crippen LogP contribution in [-0.2, 0) is 20.7 Å². The smallest absolute Gasteiger partial charge is 0.311 e. The van der Waals surface area contributed by atoms with Crippen molar-refractivity contribution < 1.29 is 14.3 Å². The summed E-state index contributed by atoms with van der Waals surface area (Å²) in [5.74, 6) is -0.575. The molecule has 1 amide bonds. The van der Waals surface area contributed by atoms with Gasteiger partial charge in [0, 0.05) is 18.3 Å². The molecule has 1 aromatic heterocycles. The van der Waals surface area contributed by atoms with E-state index in [4.69, 9.17) is 0 Å². The molecule has 0 saturated carbocycles. The Morgan fingerprint density at radius 3 is 2.62 bits per heavy atom. The summed E-state index contributed by atoms with van der Waals surface area (Å²) in [4.78, 5) is 44.5. The average Bonchev–Trinajstić information content (AvgIpc) is 2.62. The van der Waals surface area contributed by atoms with E-state index in [0.29, 0.717) is 17.4 Å². The van der Waals surface area contributed by atoms with Crippen molar-refractivity contribution in [3.8, 4) is 0 Å². The number of hydrogen-bond acceptors (Lipinski definition) is 6. The van der Waals surface area contributed by atoms with Gasteiger partial charge in [0.2, 0.25) is 5.91 Å². The van der Waals surface area contributed by atoms with E-state index in [-0.39, 0.29) is 17.9 Å². The van der Waals surface area contributed by atoms with Gasteiger partial charge >= 0.3 is 5.97 Å². The molecule has 0 saturated heterocycles. The maximum Gasteiger partial charge on any atom is 0.311 e. The standard InChI is InChI=1S/C18H21N3O4S/c1-4-21(14-8-6-5-7-9-14)17(24)12(2)26-18-19-13(10-15(22)20-18)11-16(23)25-3/h5-10,12H,4,11H2,1-3H3,(H,19,20,22)/t12-/m1/s1. The van der Waals surface area contributed by atoms with Crippen molar-refractivity contribution in [1.82, 2.24) is 9.97 Å². The van der Waals surface area contributed by atoms with Gasteiger partial charge in [-0.2, -0.15) is 0 Å². The number of methoxy groups -OCH3 is 1. The molecule has 2 rings (SSSR count). The predicted molar refractivity (Wildman–Crippen MR) is 100 cm³/mol. The first-order valence-corrected chi connectivity index (χ1v) is 9.02. The quantitative estimate of drug-likeness (QED) is 0.452. The van der Waals surface area contributed by atoms with Gasteiger partial charge in [0.05, 0.1) is 24.5 Å². The van der Waals surface area contributed by atoms with Crippen LogP contribution >= 0.6 is 11.8 Å². The second kappa shape index (κ2) is 9.19. The number of para-hydroxylation sites is 1. The minimum Gasteiger partial charge on any atom is -0.469 e. The van der Waals surface area contributed by atoms with Crippen LogP contribution in [0.3, 0.4) is 0 Å². The zero-order chi connectivity index (χ0) is 19.1. The number of amides is 1. The molecular formula is C18H21N3O4S. The van der Waals surface area contributed by atoms with Crippen LogP contribution in [0.15, 0.2) is 46.3 Å². The number of hydrogen-bond donors (Lipinski definition) is 1. The number of nitrogens with zero attached hydrogens (tertiary/aromatic N) is 2. The normalized spacial score (nSPS) is 11.7. The molecule has 26 heavy (non-hydrogen) atoms. The highest BCUT2D eigenvalue weighted by atomic mass is 32.2. The third-order valence-corrected chi connectivity index (χ3v) is 4.58. The molecule has 7 nitrogen and oxygen atoms in total. The topological polar surface area (TPSA) is 92.4 Å². The Morgan fingerprint density at radius 2 is 2.00 bits per heavy atom. The van der Waals surface area contributed by atoms with E-state index in [9.17, 15) is 14.4 Å². The summed E-state index contributed by atoms with van der Waals surface area (Å²) in [6, 6.07) is 10.6. The van der Waals surface area contributed by atoms with E-state index in [1.165, 1.54) is 13.2 Å². The molecule has 2 aromatic rings. The molecular weight excluding hydrogens is 354 g/mol.